The largest absolute Gasteiger partial charge is 0.348 e. The molecule has 7 heteroatoms. The summed E-state index contributed by atoms with van der Waals surface area (Å²) in [4.78, 5) is 16.6. The summed E-state index contributed by atoms with van der Waals surface area (Å²) in [6.45, 7) is 5.78. The number of halogens is 2. The van der Waals surface area contributed by atoms with Crippen LogP contribution in [0.25, 0.3) is 11.0 Å². The molecule has 3 rings (SSSR count). The molecule has 0 aliphatic rings. The van der Waals surface area contributed by atoms with E-state index in [0.717, 1.165) is 11.1 Å². The lowest BCUT2D eigenvalue weighted by atomic mass is 9.94. The fourth-order valence-corrected chi connectivity index (χ4v) is 3.21. The first-order chi connectivity index (χ1) is 12.7. The molecule has 1 aromatic heterocycles. The van der Waals surface area contributed by atoms with Crippen molar-refractivity contribution in [1.82, 2.24) is 14.9 Å². The molecule has 0 unspecified atom stereocenters. The number of nitrogens with one attached hydrogen (secondary N) is 1. The first-order valence-electron chi connectivity index (χ1n) is 8.64. The second-order valence-corrected chi connectivity index (χ2v) is 7.61. The molecule has 0 aliphatic carbocycles. The van der Waals surface area contributed by atoms with Gasteiger partial charge >= 0.3 is 0 Å². The van der Waals surface area contributed by atoms with Gasteiger partial charge in [0.15, 0.2) is 0 Å². The van der Waals surface area contributed by atoms with E-state index in [9.17, 15) is 9.18 Å². The van der Waals surface area contributed by atoms with Crippen molar-refractivity contribution in [2.24, 2.45) is 5.73 Å². The molecule has 0 spiro atoms. The van der Waals surface area contributed by atoms with Crippen LogP contribution in [0.5, 0.6) is 0 Å². The van der Waals surface area contributed by atoms with Crippen LogP contribution in [0.2, 0.25) is 5.02 Å². The third-order valence-electron chi connectivity index (χ3n) is 4.52. The minimum absolute atomic E-state index is 0.00206. The molecule has 0 aliphatic heterocycles. The van der Waals surface area contributed by atoms with Crippen LogP contribution in [0.4, 0.5) is 4.39 Å². The zero-order chi connectivity index (χ0) is 19.8. The standard InChI is InChI=1S/C20H22ClFN4O/c1-12(13-4-6-14(7-5-13)20(2,3)23)25-17(27)10-26-11-24-16-9-8-15(22)18(21)19(16)26/h4-9,11-12H,10,23H2,1-3H3,(H,25,27)/t12-/m0/s1. The molecular formula is C20H22ClFN4O. The van der Waals surface area contributed by atoms with Crippen molar-refractivity contribution in [2.75, 3.05) is 0 Å². The molecule has 27 heavy (non-hydrogen) atoms. The fourth-order valence-electron chi connectivity index (χ4n) is 2.94. The molecule has 3 aromatic rings. The number of fused-ring (bicyclic) bond motifs is 1. The summed E-state index contributed by atoms with van der Waals surface area (Å²) in [5, 5.41) is 2.90. The number of imidazole rings is 1. The number of aromatic nitrogens is 2. The number of rotatable bonds is 5. The third kappa shape index (κ3) is 4.12. The van der Waals surface area contributed by atoms with E-state index in [0.29, 0.717) is 11.0 Å². The van der Waals surface area contributed by atoms with Gasteiger partial charge in [-0.05, 0) is 44.0 Å². The van der Waals surface area contributed by atoms with Gasteiger partial charge in [-0.1, -0.05) is 35.9 Å². The highest BCUT2D eigenvalue weighted by molar-refractivity contribution is 6.35. The Labute approximate surface area is 162 Å². The van der Waals surface area contributed by atoms with Crippen molar-refractivity contribution in [3.05, 3.63) is 64.7 Å². The predicted molar refractivity (Wildman–Crippen MR) is 105 cm³/mol. The Balaban J connectivity index is 1.72. The maximum Gasteiger partial charge on any atom is 0.240 e. The van der Waals surface area contributed by atoms with Crippen LogP contribution in [0.15, 0.2) is 42.7 Å². The Morgan fingerprint density at radius 3 is 2.59 bits per heavy atom. The second-order valence-electron chi connectivity index (χ2n) is 7.23. The highest BCUT2D eigenvalue weighted by Gasteiger charge is 2.17. The molecule has 1 amide bonds. The van der Waals surface area contributed by atoms with Gasteiger partial charge in [-0.2, -0.15) is 0 Å². The van der Waals surface area contributed by atoms with Gasteiger partial charge in [0.2, 0.25) is 5.91 Å². The average Bonchev–Trinajstić information content (AvgIpc) is 3.00. The topological polar surface area (TPSA) is 72.9 Å². The molecule has 0 radical (unpaired) electrons. The highest BCUT2D eigenvalue weighted by atomic mass is 35.5. The van der Waals surface area contributed by atoms with Gasteiger partial charge in [-0.3, -0.25) is 4.79 Å². The van der Waals surface area contributed by atoms with E-state index in [1.165, 1.54) is 18.5 Å². The van der Waals surface area contributed by atoms with Crippen molar-refractivity contribution < 1.29 is 9.18 Å². The molecule has 1 atom stereocenters. The van der Waals surface area contributed by atoms with Crippen molar-refractivity contribution in [2.45, 2.75) is 38.9 Å². The maximum absolute atomic E-state index is 13.7. The average molecular weight is 389 g/mol. The van der Waals surface area contributed by atoms with Crippen LogP contribution >= 0.6 is 11.6 Å². The Bertz CT molecular complexity index is 976. The predicted octanol–water partition coefficient (Wildman–Crippen LogP) is 3.90. The number of carbonyl (C=O) groups excluding carboxylic acids is 1. The first-order valence-corrected chi connectivity index (χ1v) is 9.02. The lowest BCUT2D eigenvalue weighted by Gasteiger charge is -2.21. The van der Waals surface area contributed by atoms with Crippen LogP contribution in [0.1, 0.15) is 37.9 Å². The summed E-state index contributed by atoms with van der Waals surface area (Å²) >= 11 is 6.03. The molecule has 3 N–H and O–H groups in total. The number of hydrogen-bond donors (Lipinski definition) is 2. The first kappa shape index (κ1) is 19.3. The fraction of sp³-hybridized carbons (Fsp3) is 0.300. The van der Waals surface area contributed by atoms with E-state index >= 15 is 0 Å². The molecule has 142 valence electrons. The monoisotopic (exact) mass is 388 g/mol. The van der Waals surface area contributed by atoms with Gasteiger partial charge in [0.1, 0.15) is 17.4 Å². The van der Waals surface area contributed by atoms with Crippen LogP contribution in [0.3, 0.4) is 0 Å². The van der Waals surface area contributed by atoms with Crippen molar-refractivity contribution >= 4 is 28.5 Å². The summed E-state index contributed by atoms with van der Waals surface area (Å²) in [5.41, 5.74) is 8.62. The molecule has 0 bridgehead atoms. The van der Waals surface area contributed by atoms with Gasteiger partial charge < -0.3 is 15.6 Å². The minimum atomic E-state index is -0.539. The van der Waals surface area contributed by atoms with E-state index in [2.05, 4.69) is 10.3 Å². The zero-order valence-corrected chi connectivity index (χ0v) is 16.2. The molecule has 0 saturated carbocycles. The lowest BCUT2D eigenvalue weighted by Crippen LogP contribution is -2.30. The number of benzene rings is 2. The zero-order valence-electron chi connectivity index (χ0n) is 15.5. The highest BCUT2D eigenvalue weighted by Crippen LogP contribution is 2.26. The molecule has 0 saturated heterocycles. The van der Waals surface area contributed by atoms with Crippen LogP contribution in [-0.2, 0) is 16.9 Å². The van der Waals surface area contributed by atoms with Crippen molar-refractivity contribution in [3.8, 4) is 0 Å². The summed E-state index contributed by atoms with van der Waals surface area (Å²) in [7, 11) is 0. The van der Waals surface area contributed by atoms with E-state index in [4.69, 9.17) is 17.3 Å². The van der Waals surface area contributed by atoms with Crippen LogP contribution in [0, 0.1) is 5.82 Å². The normalized spacial score (nSPS) is 13.0. The summed E-state index contributed by atoms with van der Waals surface area (Å²) in [6.07, 6.45) is 1.48. The van der Waals surface area contributed by atoms with E-state index in [1.807, 2.05) is 45.0 Å². The maximum atomic E-state index is 13.7. The molecule has 5 nitrogen and oxygen atoms in total. The van der Waals surface area contributed by atoms with E-state index in [-0.39, 0.29) is 23.5 Å². The Hall–Kier alpha value is -2.44. The molecular weight excluding hydrogens is 367 g/mol. The van der Waals surface area contributed by atoms with Gasteiger partial charge in [-0.15, -0.1) is 0 Å². The number of carbonyl (C=O) groups is 1. The molecule has 1 heterocycles. The summed E-state index contributed by atoms with van der Waals surface area (Å²) < 4.78 is 15.3. The third-order valence-corrected chi connectivity index (χ3v) is 4.88. The number of amides is 1. The van der Waals surface area contributed by atoms with Gasteiger partial charge in [0, 0.05) is 5.54 Å². The SMILES string of the molecule is C[C@H](NC(=O)Cn1cnc2ccc(F)c(Cl)c21)c1ccc(C(C)(C)N)cc1. The van der Waals surface area contributed by atoms with Gasteiger partial charge in [-0.25, -0.2) is 9.37 Å². The molecule has 0 fully saturated rings. The van der Waals surface area contributed by atoms with Crippen molar-refractivity contribution in [3.63, 3.8) is 0 Å². The smallest absolute Gasteiger partial charge is 0.240 e. The van der Waals surface area contributed by atoms with Crippen LogP contribution in [-0.4, -0.2) is 15.5 Å². The lowest BCUT2D eigenvalue weighted by molar-refractivity contribution is -0.122. The minimum Gasteiger partial charge on any atom is -0.348 e. The van der Waals surface area contributed by atoms with Gasteiger partial charge in [0.25, 0.3) is 0 Å². The Morgan fingerprint density at radius 1 is 1.30 bits per heavy atom. The van der Waals surface area contributed by atoms with Crippen LogP contribution < -0.4 is 11.1 Å². The van der Waals surface area contributed by atoms with Crippen molar-refractivity contribution in [1.29, 1.82) is 0 Å². The van der Waals surface area contributed by atoms with E-state index < -0.39 is 11.4 Å². The van der Waals surface area contributed by atoms with Gasteiger partial charge in [0.05, 0.1) is 23.4 Å². The number of nitrogens with zero attached hydrogens (tertiary/aromatic N) is 2. The second kappa shape index (κ2) is 7.29. The Kier molecular flexibility index (Phi) is 5.22. The quantitative estimate of drug-likeness (QED) is 0.696. The molecule has 2 aromatic carbocycles. The summed E-state index contributed by atoms with van der Waals surface area (Å²) in [6, 6.07) is 10.4. The van der Waals surface area contributed by atoms with E-state index in [1.54, 1.807) is 4.57 Å². The summed E-state index contributed by atoms with van der Waals surface area (Å²) in [5.74, 6) is -0.757. The Morgan fingerprint density at radius 2 is 1.96 bits per heavy atom. The number of hydrogen-bond acceptors (Lipinski definition) is 3. The number of nitrogens with two attached hydrogens (primary N) is 1.